The number of nitrogens with one attached hydrogen (secondary N) is 2. The van der Waals surface area contributed by atoms with Crippen LogP contribution in [0, 0.1) is 11.2 Å². The zero-order chi connectivity index (χ0) is 26.7. The number of morpholine rings is 1. The third-order valence-electron chi connectivity index (χ3n) is 6.36. The lowest BCUT2D eigenvalue weighted by Crippen LogP contribution is -2.40. The van der Waals surface area contributed by atoms with Crippen LogP contribution in [0.2, 0.25) is 5.02 Å². The lowest BCUT2D eigenvalue weighted by atomic mass is 9.89. The molecule has 0 bridgehead atoms. The summed E-state index contributed by atoms with van der Waals surface area (Å²) in [5.74, 6) is -2.17. The topological polar surface area (TPSA) is 82.5 Å². The fourth-order valence-corrected chi connectivity index (χ4v) is 4.73. The van der Waals surface area contributed by atoms with Crippen molar-refractivity contribution in [3.63, 3.8) is 0 Å². The summed E-state index contributed by atoms with van der Waals surface area (Å²) in [5.41, 5.74) is -1.44. The number of amides is 2. The molecule has 1 heterocycles. The van der Waals surface area contributed by atoms with Crippen molar-refractivity contribution < 1.29 is 31.9 Å². The molecular weight excluding hydrogens is 514 g/mol. The van der Waals surface area contributed by atoms with Gasteiger partial charge in [-0.3, -0.25) is 15.0 Å². The lowest BCUT2D eigenvalue weighted by Gasteiger charge is -2.27. The molecule has 2 aromatic carbocycles. The number of hydrogen-bond donors (Lipinski definition) is 2. The van der Waals surface area contributed by atoms with Crippen LogP contribution in [-0.2, 0) is 10.9 Å². The van der Waals surface area contributed by atoms with Crippen LogP contribution in [0.5, 0.6) is 0 Å². The fraction of sp³-hybridized carbons (Fsp3) is 0.346. The van der Waals surface area contributed by atoms with E-state index in [0.29, 0.717) is 57.6 Å². The zero-order valence-electron chi connectivity index (χ0n) is 19.7. The van der Waals surface area contributed by atoms with E-state index in [1.807, 2.05) is 0 Å². The number of alkyl halides is 3. The van der Waals surface area contributed by atoms with Crippen LogP contribution in [0.25, 0.3) is 0 Å². The van der Waals surface area contributed by atoms with Crippen molar-refractivity contribution in [1.29, 1.82) is 5.41 Å². The van der Waals surface area contributed by atoms with E-state index in [1.54, 1.807) is 4.90 Å². The maximum atomic E-state index is 15.1. The first-order valence-corrected chi connectivity index (χ1v) is 12.1. The predicted octanol–water partition coefficient (Wildman–Crippen LogP) is 5.60. The van der Waals surface area contributed by atoms with Gasteiger partial charge in [0.1, 0.15) is 5.82 Å². The van der Waals surface area contributed by atoms with Crippen LogP contribution in [-0.4, -0.2) is 48.7 Å². The molecule has 2 aliphatic rings. The van der Waals surface area contributed by atoms with E-state index in [4.69, 9.17) is 21.7 Å². The molecule has 2 amide bonds. The Labute approximate surface area is 215 Å². The molecule has 1 saturated heterocycles. The second-order valence-electron chi connectivity index (χ2n) is 8.75. The molecule has 11 heteroatoms. The van der Waals surface area contributed by atoms with Gasteiger partial charge in [-0.2, -0.15) is 13.2 Å². The standard InChI is InChI=1S/C26H24ClF4N3O3/c27-19-6-3-5-18(26(29,30)31)22(19)24(35)33-21-7-2-1-4-17(21)23(32)16-9-8-15(14-20(16)28)25(36)34-10-12-37-13-11-34/h3,5-6,8-9,14,32H,1-2,4,7,10-13H2,(H,33,35). The Balaban J connectivity index is 1.61. The highest BCUT2D eigenvalue weighted by Gasteiger charge is 2.36. The zero-order valence-corrected chi connectivity index (χ0v) is 20.4. The van der Waals surface area contributed by atoms with Gasteiger partial charge in [0.15, 0.2) is 0 Å². The molecular formula is C26H24ClF4N3O3. The quantitative estimate of drug-likeness (QED) is 0.385. The largest absolute Gasteiger partial charge is 0.417 e. The van der Waals surface area contributed by atoms with E-state index in [1.165, 1.54) is 18.2 Å². The van der Waals surface area contributed by atoms with Crippen LogP contribution in [0.3, 0.4) is 0 Å². The highest BCUT2D eigenvalue weighted by atomic mass is 35.5. The summed E-state index contributed by atoms with van der Waals surface area (Å²) in [5, 5.41) is 10.8. The molecule has 0 atom stereocenters. The monoisotopic (exact) mass is 537 g/mol. The summed E-state index contributed by atoms with van der Waals surface area (Å²) in [6, 6.07) is 6.92. The first kappa shape index (κ1) is 26.8. The number of ether oxygens (including phenoxy) is 1. The second-order valence-corrected chi connectivity index (χ2v) is 9.16. The van der Waals surface area contributed by atoms with Gasteiger partial charge in [-0.1, -0.05) is 17.7 Å². The van der Waals surface area contributed by atoms with Gasteiger partial charge >= 0.3 is 6.18 Å². The highest BCUT2D eigenvalue weighted by Crippen LogP contribution is 2.35. The van der Waals surface area contributed by atoms with Gasteiger partial charge in [0, 0.05) is 29.9 Å². The van der Waals surface area contributed by atoms with Crippen LogP contribution in [0.15, 0.2) is 47.7 Å². The van der Waals surface area contributed by atoms with Gasteiger partial charge in [0.25, 0.3) is 11.8 Å². The minimum absolute atomic E-state index is 0.0732. The first-order valence-electron chi connectivity index (χ1n) is 11.7. The van der Waals surface area contributed by atoms with E-state index >= 15 is 4.39 Å². The number of carbonyl (C=O) groups excluding carboxylic acids is 2. The van der Waals surface area contributed by atoms with Crippen molar-refractivity contribution in [3.8, 4) is 0 Å². The molecule has 2 N–H and O–H groups in total. The van der Waals surface area contributed by atoms with E-state index in [2.05, 4.69) is 5.32 Å². The van der Waals surface area contributed by atoms with Gasteiger partial charge < -0.3 is 15.0 Å². The Kier molecular flexibility index (Phi) is 7.99. The molecule has 196 valence electrons. The molecule has 0 radical (unpaired) electrons. The molecule has 1 aliphatic carbocycles. The Morgan fingerprint density at radius 1 is 1.05 bits per heavy atom. The summed E-state index contributed by atoms with van der Waals surface area (Å²) in [4.78, 5) is 27.1. The van der Waals surface area contributed by atoms with Crippen LogP contribution >= 0.6 is 11.6 Å². The van der Waals surface area contributed by atoms with Crippen LogP contribution in [0.1, 0.15) is 57.5 Å². The number of benzene rings is 2. The number of rotatable bonds is 5. The fourth-order valence-electron chi connectivity index (χ4n) is 4.47. The molecule has 4 rings (SSSR count). The van der Waals surface area contributed by atoms with Crippen LogP contribution in [0.4, 0.5) is 17.6 Å². The van der Waals surface area contributed by atoms with E-state index in [9.17, 15) is 22.8 Å². The summed E-state index contributed by atoms with van der Waals surface area (Å²) in [6.07, 6.45) is -2.87. The molecule has 1 fully saturated rings. The molecule has 0 spiro atoms. The summed E-state index contributed by atoms with van der Waals surface area (Å²) >= 11 is 5.95. The summed E-state index contributed by atoms with van der Waals surface area (Å²) in [7, 11) is 0. The van der Waals surface area contributed by atoms with E-state index in [-0.39, 0.29) is 33.5 Å². The first-order chi connectivity index (χ1) is 17.6. The van der Waals surface area contributed by atoms with Crippen molar-refractivity contribution in [2.45, 2.75) is 31.9 Å². The molecule has 1 aliphatic heterocycles. The molecule has 0 unspecified atom stereocenters. The number of allylic oxidation sites excluding steroid dienone is 2. The van der Waals surface area contributed by atoms with Crippen LogP contribution < -0.4 is 5.32 Å². The Bertz CT molecular complexity index is 1270. The second kappa shape index (κ2) is 11.0. The SMILES string of the molecule is N=C(C1=C(NC(=O)c2c(Cl)cccc2C(F)(F)F)CCCC1)c1ccc(C(=O)N2CCOCC2)cc1F. The van der Waals surface area contributed by atoms with E-state index in [0.717, 1.165) is 18.2 Å². The van der Waals surface area contributed by atoms with Crippen molar-refractivity contribution in [2.75, 3.05) is 26.3 Å². The van der Waals surface area contributed by atoms with Gasteiger partial charge in [-0.25, -0.2) is 4.39 Å². The van der Waals surface area contributed by atoms with E-state index < -0.39 is 29.0 Å². The maximum absolute atomic E-state index is 15.1. The average molecular weight is 538 g/mol. The van der Waals surface area contributed by atoms with Crippen molar-refractivity contribution in [3.05, 3.63) is 80.8 Å². The number of halogens is 5. The van der Waals surface area contributed by atoms with Gasteiger partial charge in [0.05, 0.1) is 35.1 Å². The van der Waals surface area contributed by atoms with Gasteiger partial charge in [-0.15, -0.1) is 0 Å². The number of nitrogens with zero attached hydrogens (tertiary/aromatic N) is 1. The van der Waals surface area contributed by atoms with Crippen molar-refractivity contribution in [1.82, 2.24) is 10.2 Å². The predicted molar refractivity (Wildman–Crippen MR) is 129 cm³/mol. The third kappa shape index (κ3) is 5.86. The van der Waals surface area contributed by atoms with Crippen molar-refractivity contribution >= 4 is 29.1 Å². The molecule has 0 saturated carbocycles. The average Bonchev–Trinajstić information content (AvgIpc) is 2.88. The lowest BCUT2D eigenvalue weighted by molar-refractivity contribution is -0.137. The minimum atomic E-state index is -4.79. The molecule has 6 nitrogen and oxygen atoms in total. The normalized spacial score (nSPS) is 16.5. The molecule has 2 aromatic rings. The Morgan fingerprint density at radius 3 is 2.43 bits per heavy atom. The summed E-state index contributed by atoms with van der Waals surface area (Å²) in [6.45, 7) is 1.60. The highest BCUT2D eigenvalue weighted by molar-refractivity contribution is 6.34. The Morgan fingerprint density at radius 2 is 1.76 bits per heavy atom. The Hall–Kier alpha value is -3.24. The van der Waals surface area contributed by atoms with Crippen molar-refractivity contribution in [2.24, 2.45) is 0 Å². The number of hydrogen-bond acceptors (Lipinski definition) is 4. The summed E-state index contributed by atoms with van der Waals surface area (Å²) < 4.78 is 60.8. The molecule has 0 aromatic heterocycles. The third-order valence-corrected chi connectivity index (χ3v) is 6.68. The number of carbonyl (C=O) groups is 2. The minimum Gasteiger partial charge on any atom is -0.378 e. The van der Waals surface area contributed by atoms with Gasteiger partial charge in [0.2, 0.25) is 0 Å². The molecule has 37 heavy (non-hydrogen) atoms. The maximum Gasteiger partial charge on any atom is 0.417 e. The smallest absolute Gasteiger partial charge is 0.378 e. The van der Waals surface area contributed by atoms with Gasteiger partial charge in [-0.05, 0) is 61.6 Å².